The summed E-state index contributed by atoms with van der Waals surface area (Å²) in [4.78, 5) is 6.15. The van der Waals surface area contributed by atoms with Gasteiger partial charge in [-0.15, -0.1) is 6.58 Å². The minimum Gasteiger partial charge on any atom is -0.382 e. The molecule has 0 aliphatic carbocycles. The molecule has 14 aromatic carbocycles. The average molecular weight is 1670 g/mol. The van der Waals surface area contributed by atoms with Gasteiger partial charge in [0.05, 0.1) is 57.4 Å². The number of benzene rings is 14. The van der Waals surface area contributed by atoms with Crippen molar-refractivity contribution in [1.29, 1.82) is 0 Å². The number of nitrogens with zero attached hydrogens (tertiary/aromatic N) is 4. The van der Waals surface area contributed by atoms with Crippen molar-refractivity contribution in [3.63, 3.8) is 0 Å². The molecular formula is C111H110BF6N5O2+4. The Kier molecular flexibility index (Phi) is 22.5. The van der Waals surface area contributed by atoms with Crippen molar-refractivity contribution in [1.82, 2.24) is 4.98 Å². The number of aliphatic hydroxyl groups excluding tert-OH is 1. The second-order valence-electron chi connectivity index (χ2n) is 37.8. The summed E-state index contributed by atoms with van der Waals surface area (Å²) < 4.78 is 97.3. The Morgan fingerprint density at radius 2 is 1.02 bits per heavy atom. The fraction of sp³-hybridized carbons (Fsp3) is 0.270. The molecule has 14 heteroatoms. The average Bonchev–Trinajstić information content (AvgIpc) is 1.70. The van der Waals surface area contributed by atoms with Gasteiger partial charge in [0.2, 0.25) is 0 Å². The topological polar surface area (TPSA) is 46.8 Å². The molecule has 7 aliphatic rings. The van der Waals surface area contributed by atoms with E-state index < -0.39 is 29.6 Å². The molecule has 632 valence electrons. The van der Waals surface area contributed by atoms with Crippen molar-refractivity contribution >= 4 is 61.0 Å². The van der Waals surface area contributed by atoms with Crippen molar-refractivity contribution in [2.45, 2.75) is 142 Å². The van der Waals surface area contributed by atoms with Gasteiger partial charge in [0, 0.05) is 94.0 Å². The van der Waals surface area contributed by atoms with Gasteiger partial charge in [-0.2, -0.15) is 26.3 Å². The Morgan fingerprint density at radius 3 is 1.54 bits per heavy atom. The number of pyridine rings is 1. The van der Waals surface area contributed by atoms with Crippen LogP contribution in [0.25, 0.3) is 98.5 Å². The molecule has 2 N–H and O–H groups in total. The first kappa shape index (κ1) is 84.5. The molecule has 5 unspecified atom stereocenters. The smallest absolute Gasteiger partial charge is 0.382 e. The molecule has 1 aromatic heterocycles. The standard InChI is InChI=1S/C60H42F6N.C27H31N2O.C13H18BNO.C11H18N/c1-35-23-43(27-45(25-35)59(61,62)63)51-29-39-13-5-9-17-49(39)57-53(51)33-67(34-54-52(30-40-14-6-10-18-50(40)58(54)57)44-24-36(2)26-46(28-44)60(64,65)66)31-41-21-19-37-11-3-7-15-47(37)55(41)56-42(32-67)22-20-38-12-4-8-16-48(38)56;1-3-27(2)19-29(18-20-9-5-4-6-10-20)16-14-21(27)17-25(29)26(30)23-13-15-28-24-12-8-7-11-22(23)24;1-13(11-7-4-3-5-8-11)12-9-6-10-15(12)14(2)16-13;1-10(12(2,3)4)11-8-6-5-7-9-11/h3-30H,31-34H2,1-2H3;3-13,15,21,25-26,30H,1,14,16-19H2,2H3;3-5,7-8,12H,6,9-10H2,1-2H3;5-10H,1-4H3/q2*+1;;+1/p+1/t;21?,25?,26-,27?,29?;12-,13+;10-/m.100/s1. The third kappa shape index (κ3) is 16.1. The Morgan fingerprint density at radius 1 is 0.552 bits per heavy atom. The van der Waals surface area contributed by atoms with Crippen LogP contribution in [0.5, 0.6) is 0 Å². The first-order chi connectivity index (χ1) is 60.0. The molecule has 8 heterocycles. The lowest BCUT2D eigenvalue weighted by Gasteiger charge is -2.61. The number of para-hydroxylation sites is 1. The highest BCUT2D eigenvalue weighted by Crippen LogP contribution is 2.57. The number of aliphatic hydroxyl groups is 1. The van der Waals surface area contributed by atoms with Crippen LogP contribution in [0.15, 0.2) is 310 Å². The molecular weight excluding hydrogens is 1560 g/mol. The van der Waals surface area contributed by atoms with Crippen LogP contribution in [-0.4, -0.2) is 83.5 Å². The molecule has 5 fully saturated rings. The first-order valence-corrected chi connectivity index (χ1v) is 44.3. The lowest BCUT2D eigenvalue weighted by atomic mass is 9.63. The fourth-order valence-corrected chi connectivity index (χ4v) is 22.6. The van der Waals surface area contributed by atoms with Gasteiger partial charge in [0.25, 0.3) is 0 Å². The van der Waals surface area contributed by atoms with E-state index >= 15 is 0 Å². The second kappa shape index (κ2) is 33.2. The van der Waals surface area contributed by atoms with E-state index in [2.05, 4.69) is 248 Å². The minimum absolute atomic E-state index is 0.0769. The van der Waals surface area contributed by atoms with Crippen molar-refractivity contribution in [3.8, 4) is 44.5 Å². The first-order valence-electron chi connectivity index (χ1n) is 44.3. The summed E-state index contributed by atoms with van der Waals surface area (Å²) >= 11 is 0. The number of rotatable bonds is 10. The number of hydrogen-bond acceptors (Lipinski definition) is 3. The van der Waals surface area contributed by atoms with Gasteiger partial charge in [-0.05, 0) is 181 Å². The van der Waals surface area contributed by atoms with E-state index in [0.29, 0.717) is 89.1 Å². The van der Waals surface area contributed by atoms with Gasteiger partial charge in [-0.25, -0.2) is 0 Å². The van der Waals surface area contributed by atoms with E-state index in [0.717, 1.165) is 139 Å². The third-order valence-electron chi connectivity index (χ3n) is 29.0. The van der Waals surface area contributed by atoms with Gasteiger partial charge in [-0.3, -0.25) is 4.98 Å². The number of quaternary nitrogens is 4. The molecule has 1 spiro atoms. The number of alkyl halides is 6. The van der Waals surface area contributed by atoms with Gasteiger partial charge in [0.15, 0.2) is 0 Å². The van der Waals surface area contributed by atoms with E-state index in [1.807, 2.05) is 91.1 Å². The summed E-state index contributed by atoms with van der Waals surface area (Å²) in [5.41, 5.74) is 16.2. The molecule has 7 aliphatic heterocycles. The highest BCUT2D eigenvalue weighted by molar-refractivity contribution is 6.41. The number of halogens is 6. The fourth-order valence-electron chi connectivity index (χ4n) is 22.6. The molecule has 9 atom stereocenters. The van der Waals surface area contributed by atoms with Gasteiger partial charge < -0.3 is 28.0 Å². The number of aromatic nitrogens is 1. The molecule has 0 amide bonds. The maximum Gasteiger partial charge on any atom is 0.570 e. The maximum atomic E-state index is 14.8. The Labute approximate surface area is 731 Å². The summed E-state index contributed by atoms with van der Waals surface area (Å²) in [6.45, 7) is 23.0. The summed E-state index contributed by atoms with van der Waals surface area (Å²) in [6, 6.07) is 98.2. The number of fused-ring (bicyclic) bond motifs is 19. The maximum absolute atomic E-state index is 14.8. The third-order valence-corrected chi connectivity index (χ3v) is 29.0. The van der Waals surface area contributed by atoms with Crippen LogP contribution in [0, 0.1) is 25.2 Å². The lowest BCUT2D eigenvalue weighted by Crippen LogP contribution is -3.17. The lowest BCUT2D eigenvalue weighted by molar-refractivity contribution is -0.988. The number of piperidine rings is 3. The zero-order chi connectivity index (χ0) is 87.1. The Bertz CT molecular complexity index is 6340. The molecule has 0 saturated carbocycles. The van der Waals surface area contributed by atoms with Crippen LogP contribution in [-0.2, 0) is 55.3 Å². The summed E-state index contributed by atoms with van der Waals surface area (Å²) in [6.07, 6.45) is -0.755. The molecule has 125 heavy (non-hydrogen) atoms. The van der Waals surface area contributed by atoms with Crippen LogP contribution in [0.1, 0.15) is 125 Å². The van der Waals surface area contributed by atoms with E-state index in [9.17, 15) is 31.4 Å². The quantitative estimate of drug-likeness (QED) is 0.0621. The molecule has 22 rings (SSSR count). The van der Waals surface area contributed by atoms with Crippen LogP contribution in [0.4, 0.5) is 26.3 Å². The zero-order valence-electron chi connectivity index (χ0n) is 72.9. The zero-order valence-corrected chi connectivity index (χ0v) is 72.9. The minimum atomic E-state index is -4.58. The summed E-state index contributed by atoms with van der Waals surface area (Å²) in [5.74, 6) is 0.582. The van der Waals surface area contributed by atoms with Crippen LogP contribution < -0.4 is 4.81 Å². The van der Waals surface area contributed by atoms with Crippen molar-refractivity contribution in [2.75, 3.05) is 40.8 Å². The summed E-state index contributed by atoms with van der Waals surface area (Å²) in [7, 11) is 7.00. The van der Waals surface area contributed by atoms with E-state index in [1.165, 1.54) is 66.8 Å². The number of hydrogen-bond donors (Lipinski definition) is 2. The predicted molar refractivity (Wildman–Crippen MR) is 499 cm³/mol. The molecule has 15 aromatic rings. The Balaban J connectivity index is 0.000000148. The van der Waals surface area contributed by atoms with E-state index in [4.69, 9.17) is 4.65 Å². The molecule has 0 radical (unpaired) electrons. The van der Waals surface area contributed by atoms with Crippen LogP contribution in [0.2, 0.25) is 6.82 Å². The second-order valence-corrected chi connectivity index (χ2v) is 37.8. The molecule has 2 bridgehead atoms. The van der Waals surface area contributed by atoms with Crippen LogP contribution >= 0.6 is 0 Å². The SMILES string of the molecule is C=CC1(C)C[N+]2(Cc3ccccc3)CCC1CC2[C@H](O)c1ccnc2ccccc12.CB1O[C@](C)(c2ccccc2)[C@@H]2CCC[NH+]12.C[C@@H](c1ccccc1)[N+](C)(C)C.Cc1cc(-c2cc3ccccc3c3c2C[N+]2(Cc4ccc5ccccc5c4-c4c(ccc5ccccc45)C2)Cc2c(-c4cc(C)cc(C(F)(F)F)c4)cc4ccccc4c2-3)cc(C(F)(F)F)c1. The van der Waals surface area contributed by atoms with Crippen molar-refractivity contribution < 1.29 is 54.4 Å². The number of aryl methyl sites for hydroxylation is 2. The monoisotopic (exact) mass is 1670 g/mol. The normalized spacial score (nSPS) is 21.5. The van der Waals surface area contributed by atoms with Crippen molar-refractivity contribution in [3.05, 3.63) is 377 Å². The van der Waals surface area contributed by atoms with Crippen LogP contribution in [0.3, 0.4) is 0 Å². The highest BCUT2D eigenvalue weighted by atomic mass is 19.4. The highest BCUT2D eigenvalue weighted by Gasteiger charge is 2.60. The van der Waals surface area contributed by atoms with E-state index in [1.54, 1.807) is 18.7 Å². The predicted octanol–water partition coefficient (Wildman–Crippen LogP) is 26.0. The van der Waals surface area contributed by atoms with Crippen molar-refractivity contribution in [2.24, 2.45) is 11.3 Å². The van der Waals surface area contributed by atoms with E-state index in [-0.39, 0.29) is 17.1 Å². The van der Waals surface area contributed by atoms with Gasteiger partial charge in [0.1, 0.15) is 62.6 Å². The number of nitrogens with one attached hydrogen (secondary N) is 1. The summed E-state index contributed by atoms with van der Waals surface area (Å²) in [5, 5.41) is 20.9. The Hall–Kier alpha value is -11.3. The molecule has 7 nitrogen and oxygen atoms in total. The molecule has 5 saturated heterocycles. The van der Waals surface area contributed by atoms with Gasteiger partial charge in [-0.1, -0.05) is 256 Å². The van der Waals surface area contributed by atoms with Gasteiger partial charge >= 0.3 is 19.4 Å². The largest absolute Gasteiger partial charge is 0.570 e.